The van der Waals surface area contributed by atoms with Gasteiger partial charge in [-0.15, -0.1) is 11.3 Å². The first-order valence-electron chi connectivity index (χ1n) is 6.14. The Hall–Kier alpha value is -0.950. The zero-order chi connectivity index (χ0) is 14.4. The summed E-state index contributed by atoms with van der Waals surface area (Å²) < 4.78 is 19.1. The molecule has 0 spiro atoms. The number of ether oxygens (including phenoxy) is 1. The van der Waals surface area contributed by atoms with E-state index in [1.807, 2.05) is 11.4 Å². The molecule has 3 nitrogen and oxygen atoms in total. The van der Waals surface area contributed by atoms with Crippen LogP contribution in [-0.2, 0) is 6.54 Å². The zero-order valence-electron chi connectivity index (χ0n) is 10.7. The molecular weight excluding hydrogens is 345 g/mol. The van der Waals surface area contributed by atoms with Crippen LogP contribution < -0.4 is 10.1 Å². The largest absolute Gasteiger partial charge is 0.491 e. The standard InChI is InChI=1S/C14H15BrFNO2S/c15-13-5-6-20-14(13)8-17-7-11(18)9-19-12-3-1-10(16)2-4-12/h1-6,11,17-18H,7-9H2. The maximum Gasteiger partial charge on any atom is 0.123 e. The zero-order valence-corrected chi connectivity index (χ0v) is 13.1. The summed E-state index contributed by atoms with van der Waals surface area (Å²) in [6.07, 6.45) is -0.612. The lowest BCUT2D eigenvalue weighted by Gasteiger charge is -2.13. The van der Waals surface area contributed by atoms with Crippen molar-refractivity contribution < 1.29 is 14.2 Å². The van der Waals surface area contributed by atoms with Gasteiger partial charge in [-0.25, -0.2) is 4.39 Å². The molecule has 2 aromatic rings. The van der Waals surface area contributed by atoms with Gasteiger partial charge in [-0.2, -0.15) is 0 Å². The van der Waals surface area contributed by atoms with Gasteiger partial charge in [0.1, 0.15) is 24.3 Å². The van der Waals surface area contributed by atoms with Gasteiger partial charge in [0, 0.05) is 22.4 Å². The molecule has 0 radical (unpaired) electrons. The van der Waals surface area contributed by atoms with Crippen LogP contribution in [0.2, 0.25) is 0 Å². The van der Waals surface area contributed by atoms with Crippen LogP contribution in [0.15, 0.2) is 40.2 Å². The summed E-state index contributed by atoms with van der Waals surface area (Å²) in [5, 5.41) is 15.0. The minimum absolute atomic E-state index is 0.171. The summed E-state index contributed by atoms with van der Waals surface area (Å²) in [5.74, 6) is 0.243. The molecule has 0 aliphatic heterocycles. The van der Waals surface area contributed by atoms with E-state index in [9.17, 15) is 9.50 Å². The van der Waals surface area contributed by atoms with Crippen molar-refractivity contribution in [2.24, 2.45) is 0 Å². The highest BCUT2D eigenvalue weighted by molar-refractivity contribution is 9.10. The number of nitrogens with one attached hydrogen (secondary N) is 1. The smallest absolute Gasteiger partial charge is 0.123 e. The Labute approximate surface area is 129 Å². The van der Waals surface area contributed by atoms with Crippen LogP contribution in [0, 0.1) is 5.82 Å². The van der Waals surface area contributed by atoms with E-state index in [1.54, 1.807) is 11.3 Å². The number of aliphatic hydroxyl groups is 1. The summed E-state index contributed by atoms with van der Waals surface area (Å²) in [5.41, 5.74) is 0. The molecule has 0 aliphatic carbocycles. The van der Waals surface area contributed by atoms with Crippen molar-refractivity contribution in [3.8, 4) is 5.75 Å². The lowest BCUT2D eigenvalue weighted by atomic mass is 10.3. The average Bonchev–Trinajstić information content (AvgIpc) is 2.84. The summed E-state index contributed by atoms with van der Waals surface area (Å²) in [7, 11) is 0. The van der Waals surface area contributed by atoms with Crippen molar-refractivity contribution in [2.75, 3.05) is 13.2 Å². The SMILES string of the molecule is OC(CNCc1sccc1Br)COc1ccc(F)cc1. The second kappa shape index (κ2) is 7.73. The van der Waals surface area contributed by atoms with Gasteiger partial charge >= 0.3 is 0 Å². The van der Waals surface area contributed by atoms with E-state index in [1.165, 1.54) is 29.1 Å². The maximum absolute atomic E-state index is 12.7. The van der Waals surface area contributed by atoms with E-state index < -0.39 is 6.10 Å². The quantitative estimate of drug-likeness (QED) is 0.797. The summed E-state index contributed by atoms with van der Waals surface area (Å²) in [6, 6.07) is 7.73. The molecule has 1 atom stereocenters. The number of aliphatic hydroxyl groups excluding tert-OH is 1. The molecule has 1 aromatic carbocycles. The van der Waals surface area contributed by atoms with E-state index in [-0.39, 0.29) is 12.4 Å². The fourth-order valence-electron chi connectivity index (χ4n) is 1.59. The molecule has 0 fully saturated rings. The number of benzene rings is 1. The molecule has 0 bridgehead atoms. The number of rotatable bonds is 7. The Kier molecular flexibility index (Phi) is 5.97. The van der Waals surface area contributed by atoms with Crippen molar-refractivity contribution in [3.63, 3.8) is 0 Å². The Bertz CT molecular complexity index is 532. The topological polar surface area (TPSA) is 41.5 Å². The number of hydrogen-bond donors (Lipinski definition) is 2. The highest BCUT2D eigenvalue weighted by atomic mass is 79.9. The van der Waals surface area contributed by atoms with E-state index in [2.05, 4.69) is 21.2 Å². The Morgan fingerprint density at radius 1 is 1.30 bits per heavy atom. The van der Waals surface area contributed by atoms with Gasteiger partial charge in [0.15, 0.2) is 0 Å². The summed E-state index contributed by atoms with van der Waals surface area (Å²) in [4.78, 5) is 1.19. The van der Waals surface area contributed by atoms with Crippen molar-refractivity contribution in [1.82, 2.24) is 5.32 Å². The molecule has 2 N–H and O–H groups in total. The van der Waals surface area contributed by atoms with Gasteiger partial charge in [-0.05, 0) is 51.6 Å². The molecule has 0 saturated carbocycles. The molecule has 20 heavy (non-hydrogen) atoms. The fourth-order valence-corrected chi connectivity index (χ4v) is 3.05. The third kappa shape index (κ3) is 4.86. The highest BCUT2D eigenvalue weighted by Crippen LogP contribution is 2.22. The van der Waals surface area contributed by atoms with Crippen molar-refractivity contribution >= 4 is 27.3 Å². The van der Waals surface area contributed by atoms with Gasteiger partial charge in [0.25, 0.3) is 0 Å². The van der Waals surface area contributed by atoms with E-state index >= 15 is 0 Å². The van der Waals surface area contributed by atoms with Crippen LogP contribution in [0.3, 0.4) is 0 Å². The van der Waals surface area contributed by atoms with Gasteiger partial charge in [-0.1, -0.05) is 0 Å². The van der Waals surface area contributed by atoms with Crippen LogP contribution in [0.4, 0.5) is 4.39 Å². The predicted octanol–water partition coefficient (Wildman–Crippen LogP) is 3.18. The van der Waals surface area contributed by atoms with E-state index in [0.29, 0.717) is 18.8 Å². The molecule has 1 heterocycles. The van der Waals surface area contributed by atoms with Crippen molar-refractivity contribution in [1.29, 1.82) is 0 Å². The Balaban J connectivity index is 1.66. The molecule has 108 valence electrons. The van der Waals surface area contributed by atoms with Crippen LogP contribution in [-0.4, -0.2) is 24.4 Å². The fraction of sp³-hybridized carbons (Fsp3) is 0.286. The van der Waals surface area contributed by atoms with Crippen LogP contribution >= 0.6 is 27.3 Å². The minimum Gasteiger partial charge on any atom is -0.491 e. The molecule has 1 unspecified atom stereocenters. The van der Waals surface area contributed by atoms with Crippen molar-refractivity contribution in [3.05, 3.63) is 50.9 Å². The molecule has 0 aliphatic rings. The Morgan fingerprint density at radius 2 is 2.05 bits per heavy atom. The monoisotopic (exact) mass is 359 g/mol. The minimum atomic E-state index is -0.612. The summed E-state index contributed by atoms with van der Waals surface area (Å²) in [6.45, 7) is 1.31. The second-order valence-electron chi connectivity index (χ2n) is 4.24. The lowest BCUT2D eigenvalue weighted by molar-refractivity contribution is 0.106. The van der Waals surface area contributed by atoms with E-state index in [0.717, 1.165) is 4.47 Å². The van der Waals surface area contributed by atoms with Crippen LogP contribution in [0.25, 0.3) is 0 Å². The van der Waals surface area contributed by atoms with Crippen molar-refractivity contribution in [2.45, 2.75) is 12.6 Å². The first kappa shape index (κ1) is 15.4. The molecular formula is C14H15BrFNO2S. The van der Waals surface area contributed by atoms with E-state index in [4.69, 9.17) is 4.74 Å². The Morgan fingerprint density at radius 3 is 2.70 bits per heavy atom. The van der Waals surface area contributed by atoms with Gasteiger partial charge < -0.3 is 15.2 Å². The van der Waals surface area contributed by atoms with Gasteiger partial charge in [0.2, 0.25) is 0 Å². The molecule has 6 heteroatoms. The molecule has 1 aromatic heterocycles. The first-order chi connectivity index (χ1) is 9.65. The maximum atomic E-state index is 12.7. The second-order valence-corrected chi connectivity index (χ2v) is 6.10. The van der Waals surface area contributed by atoms with Crippen LogP contribution in [0.5, 0.6) is 5.75 Å². The third-order valence-corrected chi connectivity index (χ3v) is 4.54. The van der Waals surface area contributed by atoms with Gasteiger partial charge in [0.05, 0.1) is 0 Å². The predicted molar refractivity (Wildman–Crippen MR) is 81.6 cm³/mol. The lowest BCUT2D eigenvalue weighted by Crippen LogP contribution is -2.31. The average molecular weight is 360 g/mol. The number of hydrogen-bond acceptors (Lipinski definition) is 4. The number of thiophene rings is 1. The highest BCUT2D eigenvalue weighted by Gasteiger charge is 2.06. The first-order valence-corrected chi connectivity index (χ1v) is 7.81. The third-order valence-electron chi connectivity index (χ3n) is 2.61. The number of halogens is 2. The molecule has 0 saturated heterocycles. The van der Waals surface area contributed by atoms with Crippen LogP contribution in [0.1, 0.15) is 4.88 Å². The normalized spacial score (nSPS) is 12.3. The molecule has 0 amide bonds. The van der Waals surface area contributed by atoms with Gasteiger partial charge in [-0.3, -0.25) is 0 Å². The molecule has 2 rings (SSSR count). The summed E-state index contributed by atoms with van der Waals surface area (Å²) >= 11 is 5.11.